The van der Waals surface area contributed by atoms with Crippen molar-refractivity contribution in [3.63, 3.8) is 0 Å². The Morgan fingerprint density at radius 2 is 1.45 bits per heavy atom. The molecule has 0 atom stereocenters. The van der Waals surface area contributed by atoms with Gasteiger partial charge in [-0.3, -0.25) is 9.59 Å². The predicted molar refractivity (Wildman–Crippen MR) is 124 cm³/mol. The average Bonchev–Trinajstić information content (AvgIpc) is 2.77. The quantitative estimate of drug-likeness (QED) is 0.311. The summed E-state index contributed by atoms with van der Waals surface area (Å²) >= 11 is 0. The number of amides is 1. The minimum atomic E-state index is -0.259. The Morgan fingerprint density at radius 3 is 2.13 bits per heavy atom. The zero-order chi connectivity index (χ0) is 22.3. The average molecular weight is 426 g/mol. The van der Waals surface area contributed by atoms with Gasteiger partial charge < -0.3 is 14.8 Å². The SMILES string of the molecule is CCCCCCCCc1ccc(OCC(=O)Nc2ccc(CC(=O)OCC)cc2)cc1. The van der Waals surface area contributed by atoms with E-state index in [0.717, 1.165) is 12.0 Å². The van der Waals surface area contributed by atoms with Crippen molar-refractivity contribution in [2.24, 2.45) is 0 Å². The van der Waals surface area contributed by atoms with Crippen molar-refractivity contribution in [3.05, 3.63) is 59.7 Å². The van der Waals surface area contributed by atoms with Crippen molar-refractivity contribution in [2.75, 3.05) is 18.5 Å². The highest BCUT2D eigenvalue weighted by Crippen LogP contribution is 2.16. The Labute approximate surface area is 186 Å². The fraction of sp³-hybridized carbons (Fsp3) is 0.462. The maximum absolute atomic E-state index is 12.1. The molecular weight excluding hydrogens is 390 g/mol. The van der Waals surface area contributed by atoms with Crippen LogP contribution in [0.15, 0.2) is 48.5 Å². The maximum Gasteiger partial charge on any atom is 0.310 e. The van der Waals surface area contributed by atoms with Gasteiger partial charge in [-0.2, -0.15) is 0 Å². The number of anilines is 1. The molecule has 1 amide bonds. The molecule has 0 aliphatic heterocycles. The highest BCUT2D eigenvalue weighted by molar-refractivity contribution is 5.91. The first-order chi connectivity index (χ1) is 15.1. The molecule has 2 rings (SSSR count). The third kappa shape index (κ3) is 10.2. The molecule has 0 aliphatic rings. The second-order valence-corrected chi connectivity index (χ2v) is 7.68. The minimum absolute atomic E-state index is 0.0542. The minimum Gasteiger partial charge on any atom is -0.484 e. The molecule has 0 heterocycles. The summed E-state index contributed by atoms with van der Waals surface area (Å²) < 4.78 is 10.5. The molecule has 0 unspecified atom stereocenters. The zero-order valence-corrected chi connectivity index (χ0v) is 18.8. The van der Waals surface area contributed by atoms with Crippen LogP contribution in [0.2, 0.25) is 0 Å². The van der Waals surface area contributed by atoms with Crippen LogP contribution in [0.25, 0.3) is 0 Å². The molecule has 168 valence electrons. The van der Waals surface area contributed by atoms with E-state index in [1.807, 2.05) is 12.1 Å². The van der Waals surface area contributed by atoms with Crippen LogP contribution in [0.3, 0.4) is 0 Å². The van der Waals surface area contributed by atoms with E-state index in [9.17, 15) is 9.59 Å². The van der Waals surface area contributed by atoms with Gasteiger partial charge in [-0.1, -0.05) is 63.3 Å². The number of carbonyl (C=O) groups is 2. The molecule has 0 fully saturated rings. The molecule has 0 aliphatic carbocycles. The Morgan fingerprint density at radius 1 is 0.806 bits per heavy atom. The van der Waals surface area contributed by atoms with E-state index in [4.69, 9.17) is 9.47 Å². The monoisotopic (exact) mass is 425 g/mol. The summed E-state index contributed by atoms with van der Waals surface area (Å²) in [5.41, 5.74) is 2.81. The van der Waals surface area contributed by atoms with Gasteiger partial charge in [0, 0.05) is 5.69 Å². The number of benzene rings is 2. The number of nitrogens with one attached hydrogen (secondary N) is 1. The molecule has 1 N–H and O–H groups in total. The number of carbonyl (C=O) groups excluding carboxylic acids is 2. The molecule has 0 radical (unpaired) electrons. The van der Waals surface area contributed by atoms with Gasteiger partial charge in [0.05, 0.1) is 13.0 Å². The number of aryl methyl sites for hydroxylation is 1. The highest BCUT2D eigenvalue weighted by atomic mass is 16.5. The Hall–Kier alpha value is -2.82. The lowest BCUT2D eigenvalue weighted by Gasteiger charge is -2.09. The van der Waals surface area contributed by atoms with Crippen molar-refractivity contribution in [1.82, 2.24) is 0 Å². The van der Waals surface area contributed by atoms with Crippen LogP contribution >= 0.6 is 0 Å². The number of ether oxygens (including phenoxy) is 2. The summed E-state index contributed by atoms with van der Waals surface area (Å²) in [6.07, 6.45) is 9.07. The van der Waals surface area contributed by atoms with Gasteiger partial charge in [0.25, 0.3) is 5.91 Å². The van der Waals surface area contributed by atoms with Crippen LogP contribution in [0, 0.1) is 0 Å². The molecule has 5 nitrogen and oxygen atoms in total. The number of unbranched alkanes of at least 4 members (excludes halogenated alkanes) is 5. The van der Waals surface area contributed by atoms with Gasteiger partial charge >= 0.3 is 5.97 Å². The summed E-state index contributed by atoms with van der Waals surface area (Å²) in [6, 6.07) is 15.1. The smallest absolute Gasteiger partial charge is 0.310 e. The lowest BCUT2D eigenvalue weighted by molar-refractivity contribution is -0.142. The number of hydrogen-bond donors (Lipinski definition) is 1. The van der Waals surface area contributed by atoms with Crippen LogP contribution in [0.1, 0.15) is 63.5 Å². The lowest BCUT2D eigenvalue weighted by atomic mass is 10.0. The normalized spacial score (nSPS) is 10.5. The van der Waals surface area contributed by atoms with E-state index < -0.39 is 0 Å². The van der Waals surface area contributed by atoms with Gasteiger partial charge in [-0.05, 0) is 55.2 Å². The lowest BCUT2D eigenvalue weighted by Crippen LogP contribution is -2.20. The van der Waals surface area contributed by atoms with Crippen LogP contribution < -0.4 is 10.1 Å². The molecule has 0 spiro atoms. The number of rotatable bonds is 14. The summed E-state index contributed by atoms with van der Waals surface area (Å²) in [5, 5.41) is 2.80. The molecule has 0 saturated heterocycles. The standard InChI is InChI=1S/C26H35NO4/c1-3-5-6-7-8-9-10-21-13-17-24(18-14-21)31-20-25(28)27-23-15-11-22(12-16-23)19-26(29)30-4-2/h11-18H,3-10,19-20H2,1-2H3,(H,27,28). The topological polar surface area (TPSA) is 64.6 Å². The van der Waals surface area contributed by atoms with Crippen LogP contribution in [0.5, 0.6) is 5.75 Å². The summed E-state index contributed by atoms with van der Waals surface area (Å²) in [5.74, 6) is 0.201. The summed E-state index contributed by atoms with van der Waals surface area (Å²) in [4.78, 5) is 23.6. The van der Waals surface area contributed by atoms with Crippen molar-refractivity contribution < 1.29 is 19.1 Å². The molecule has 0 saturated carbocycles. The number of hydrogen-bond acceptors (Lipinski definition) is 4. The van der Waals surface area contributed by atoms with E-state index in [0.29, 0.717) is 18.0 Å². The van der Waals surface area contributed by atoms with E-state index in [2.05, 4.69) is 24.4 Å². The number of esters is 1. The van der Waals surface area contributed by atoms with Crippen molar-refractivity contribution in [3.8, 4) is 5.75 Å². The Bertz CT molecular complexity index is 784. The molecule has 2 aromatic rings. The molecule has 2 aromatic carbocycles. The van der Waals surface area contributed by atoms with E-state index >= 15 is 0 Å². The second kappa shape index (κ2) is 14.2. The predicted octanol–water partition coefficient (Wildman–Crippen LogP) is 5.71. The van der Waals surface area contributed by atoms with Crippen molar-refractivity contribution in [2.45, 2.75) is 65.2 Å². The van der Waals surface area contributed by atoms with E-state index in [-0.39, 0.29) is 24.9 Å². The van der Waals surface area contributed by atoms with Gasteiger partial charge in [-0.15, -0.1) is 0 Å². The van der Waals surface area contributed by atoms with Crippen LogP contribution in [-0.2, 0) is 27.2 Å². The third-order valence-corrected chi connectivity index (χ3v) is 5.00. The molecule has 0 bridgehead atoms. The zero-order valence-electron chi connectivity index (χ0n) is 18.8. The fourth-order valence-electron chi connectivity index (χ4n) is 3.29. The largest absolute Gasteiger partial charge is 0.484 e. The molecular formula is C26H35NO4. The summed E-state index contributed by atoms with van der Waals surface area (Å²) in [6.45, 7) is 4.33. The van der Waals surface area contributed by atoms with Crippen molar-refractivity contribution in [1.29, 1.82) is 0 Å². The van der Waals surface area contributed by atoms with Crippen LogP contribution in [0.4, 0.5) is 5.69 Å². The van der Waals surface area contributed by atoms with Crippen LogP contribution in [-0.4, -0.2) is 25.1 Å². The van der Waals surface area contributed by atoms with Crippen molar-refractivity contribution >= 4 is 17.6 Å². The maximum atomic E-state index is 12.1. The van der Waals surface area contributed by atoms with Gasteiger partial charge in [0.2, 0.25) is 0 Å². The molecule has 31 heavy (non-hydrogen) atoms. The fourth-order valence-corrected chi connectivity index (χ4v) is 3.29. The van der Waals surface area contributed by atoms with Gasteiger partial charge in [-0.25, -0.2) is 0 Å². The summed E-state index contributed by atoms with van der Waals surface area (Å²) in [7, 11) is 0. The Balaban J connectivity index is 1.68. The second-order valence-electron chi connectivity index (χ2n) is 7.68. The first-order valence-electron chi connectivity index (χ1n) is 11.4. The first kappa shape index (κ1) is 24.4. The van der Waals surface area contributed by atoms with E-state index in [1.54, 1.807) is 31.2 Å². The van der Waals surface area contributed by atoms with E-state index in [1.165, 1.54) is 44.1 Å². The Kier molecular flexibility index (Phi) is 11.2. The van der Waals surface area contributed by atoms with Gasteiger partial charge in [0.15, 0.2) is 6.61 Å². The highest BCUT2D eigenvalue weighted by Gasteiger charge is 2.07. The van der Waals surface area contributed by atoms with Gasteiger partial charge in [0.1, 0.15) is 5.75 Å². The third-order valence-electron chi connectivity index (χ3n) is 5.00. The molecule has 5 heteroatoms. The first-order valence-corrected chi connectivity index (χ1v) is 11.4. The molecule has 0 aromatic heterocycles.